The number of rotatable bonds is 4. The second kappa shape index (κ2) is 8.48. The van der Waals surface area contributed by atoms with Crippen molar-refractivity contribution in [1.29, 1.82) is 0 Å². The highest BCUT2D eigenvalue weighted by Crippen LogP contribution is 2.22. The Morgan fingerprint density at radius 3 is 1.18 bits per heavy atom. The highest BCUT2D eigenvalue weighted by molar-refractivity contribution is 7.90. The van der Waals surface area contributed by atoms with Crippen LogP contribution in [0.3, 0.4) is 0 Å². The third kappa shape index (κ3) is 4.46. The maximum Gasteiger partial charge on any atom is 0.282 e. The lowest BCUT2D eigenvalue weighted by Crippen LogP contribution is -2.07. The summed E-state index contributed by atoms with van der Waals surface area (Å²) >= 11 is 0. The van der Waals surface area contributed by atoms with Crippen LogP contribution in [-0.4, -0.2) is 28.3 Å². The van der Waals surface area contributed by atoms with E-state index in [0.717, 1.165) is 21.5 Å². The number of benzene rings is 4. The van der Waals surface area contributed by atoms with Crippen LogP contribution in [0.2, 0.25) is 0 Å². The lowest BCUT2D eigenvalue weighted by atomic mass is 10.1. The molecular weight excluding hydrogens is 468 g/mol. The molecule has 4 aromatic rings. The van der Waals surface area contributed by atoms with Gasteiger partial charge >= 0.3 is 0 Å². The van der Waals surface area contributed by atoms with Gasteiger partial charge in [0.2, 0.25) is 0 Å². The van der Waals surface area contributed by atoms with Crippen LogP contribution in [0.15, 0.2) is 128 Å². The van der Waals surface area contributed by atoms with Gasteiger partial charge in [-0.25, -0.2) is 0 Å². The summed E-state index contributed by atoms with van der Waals surface area (Å²) in [5, 5.41) is 3.46. The third-order valence-corrected chi connectivity index (χ3v) is 7.94. The van der Waals surface area contributed by atoms with Gasteiger partial charge in [-0.05, 0) is 70.1 Å². The molecule has 0 unspecified atom stereocenters. The lowest BCUT2D eigenvalue weighted by Gasteiger charge is -2.06. The molecule has 0 aliphatic heterocycles. The topological polar surface area (TPSA) is 93.0 Å². The summed E-state index contributed by atoms with van der Waals surface area (Å²) in [5.41, 5.74) is 0.352. The van der Waals surface area contributed by atoms with Gasteiger partial charge in [0.25, 0.3) is 20.0 Å². The van der Waals surface area contributed by atoms with Crippen molar-refractivity contribution in [2.45, 2.75) is 9.79 Å². The molecule has 168 valence electrons. The highest BCUT2D eigenvalue weighted by Gasteiger charge is 2.17. The van der Waals surface area contributed by atoms with E-state index >= 15 is 0 Å². The van der Waals surface area contributed by atoms with Crippen molar-refractivity contribution >= 4 is 53.0 Å². The molecule has 0 saturated carbocycles. The Balaban J connectivity index is 1.40. The Hall–Kier alpha value is -3.88. The van der Waals surface area contributed by atoms with Gasteiger partial charge < -0.3 is 0 Å². The Morgan fingerprint density at radius 2 is 0.794 bits per heavy atom. The Kier molecular flexibility index (Phi) is 5.47. The first-order valence-corrected chi connectivity index (χ1v) is 13.2. The summed E-state index contributed by atoms with van der Waals surface area (Å²) in [6.45, 7) is 0. The zero-order chi connectivity index (χ0) is 23.8. The first-order chi connectivity index (χ1) is 16.3. The highest BCUT2D eigenvalue weighted by atomic mass is 32.2. The van der Waals surface area contributed by atoms with E-state index < -0.39 is 20.0 Å². The SMILES string of the molecule is O=S(=O)(N=C1C=CC(=NS(=O)(=O)c2ccc3ccccc3c2)C=C1)c1ccc2ccccc2c1. The fourth-order valence-corrected chi connectivity index (χ4v) is 5.65. The van der Waals surface area contributed by atoms with Crippen molar-refractivity contribution in [2.24, 2.45) is 8.80 Å². The van der Waals surface area contributed by atoms with E-state index in [2.05, 4.69) is 8.80 Å². The average molecular weight is 487 g/mol. The quantitative estimate of drug-likeness (QED) is 0.376. The molecule has 0 N–H and O–H groups in total. The molecule has 0 bridgehead atoms. The van der Waals surface area contributed by atoms with Crippen LogP contribution in [0, 0.1) is 0 Å². The molecule has 0 heterocycles. The third-order valence-electron chi connectivity index (χ3n) is 5.34. The largest absolute Gasteiger partial charge is 0.282 e. The normalized spacial score (nSPS) is 14.0. The van der Waals surface area contributed by atoms with Gasteiger partial charge in [0, 0.05) is 0 Å². The molecule has 5 rings (SSSR count). The van der Waals surface area contributed by atoms with Crippen LogP contribution in [0.4, 0.5) is 0 Å². The molecule has 4 aromatic carbocycles. The molecule has 0 fully saturated rings. The van der Waals surface area contributed by atoms with E-state index in [1.165, 1.54) is 36.4 Å². The van der Waals surface area contributed by atoms with Gasteiger partial charge in [-0.15, -0.1) is 0 Å². The van der Waals surface area contributed by atoms with E-state index in [-0.39, 0.29) is 21.2 Å². The fourth-order valence-electron chi connectivity index (χ4n) is 3.61. The van der Waals surface area contributed by atoms with Gasteiger partial charge in [-0.3, -0.25) is 0 Å². The van der Waals surface area contributed by atoms with Crippen molar-refractivity contribution in [3.8, 4) is 0 Å². The minimum absolute atomic E-state index is 0.0823. The monoisotopic (exact) mass is 486 g/mol. The fraction of sp³-hybridized carbons (Fsp3) is 0. The van der Waals surface area contributed by atoms with E-state index in [0.29, 0.717) is 0 Å². The zero-order valence-corrected chi connectivity index (χ0v) is 19.4. The van der Waals surface area contributed by atoms with Gasteiger partial charge in [-0.2, -0.15) is 25.6 Å². The van der Waals surface area contributed by atoms with Crippen LogP contribution in [-0.2, 0) is 20.0 Å². The van der Waals surface area contributed by atoms with E-state index in [1.54, 1.807) is 24.3 Å². The second-order valence-corrected chi connectivity index (χ2v) is 10.9. The number of hydrogen-bond acceptors (Lipinski definition) is 4. The maximum atomic E-state index is 12.8. The van der Waals surface area contributed by atoms with Gasteiger partial charge in [-0.1, -0.05) is 60.7 Å². The van der Waals surface area contributed by atoms with Crippen LogP contribution >= 0.6 is 0 Å². The average Bonchev–Trinajstić information content (AvgIpc) is 2.84. The summed E-state index contributed by atoms with van der Waals surface area (Å²) in [5.74, 6) is 0. The first kappa shape index (κ1) is 21.9. The molecule has 8 heteroatoms. The number of allylic oxidation sites excluding steroid dienone is 4. The summed E-state index contributed by atoms with van der Waals surface area (Å²) in [7, 11) is -7.88. The van der Waals surface area contributed by atoms with Gasteiger partial charge in [0.15, 0.2) is 0 Å². The predicted octanol–water partition coefficient (Wildman–Crippen LogP) is 5.08. The second-order valence-electron chi connectivity index (χ2n) is 7.67. The van der Waals surface area contributed by atoms with Crippen LogP contribution < -0.4 is 0 Å². The molecule has 6 nitrogen and oxygen atoms in total. The van der Waals surface area contributed by atoms with Crippen molar-refractivity contribution in [3.05, 3.63) is 109 Å². The number of sulfonamides is 2. The maximum absolute atomic E-state index is 12.8. The summed E-state index contributed by atoms with van der Waals surface area (Å²) in [4.78, 5) is 0.165. The van der Waals surface area contributed by atoms with Crippen molar-refractivity contribution in [2.75, 3.05) is 0 Å². The van der Waals surface area contributed by atoms with E-state index in [4.69, 9.17) is 0 Å². The van der Waals surface area contributed by atoms with Crippen LogP contribution in [0.25, 0.3) is 21.5 Å². The summed E-state index contributed by atoms with van der Waals surface area (Å²) in [6.07, 6.45) is 5.70. The Labute approximate surface area is 197 Å². The van der Waals surface area contributed by atoms with Gasteiger partial charge in [0.05, 0.1) is 21.2 Å². The molecule has 0 atom stereocenters. The van der Waals surface area contributed by atoms with Crippen LogP contribution in [0.5, 0.6) is 0 Å². The standard InChI is InChI=1S/C26H18N2O4S2/c29-33(30,25-15-9-19-5-1-3-7-21(19)17-25)27-23-11-13-24(14-12-23)28-34(31,32)26-16-10-20-6-2-4-8-22(20)18-26/h1-18H. The van der Waals surface area contributed by atoms with Crippen LogP contribution in [0.1, 0.15) is 0 Å². The smallest absolute Gasteiger partial charge is 0.199 e. The predicted molar refractivity (Wildman–Crippen MR) is 135 cm³/mol. The molecule has 0 spiro atoms. The minimum Gasteiger partial charge on any atom is -0.199 e. The molecule has 0 radical (unpaired) electrons. The molecule has 1 aliphatic rings. The first-order valence-electron chi connectivity index (χ1n) is 10.3. The Morgan fingerprint density at radius 1 is 0.441 bits per heavy atom. The van der Waals surface area contributed by atoms with Gasteiger partial charge in [0.1, 0.15) is 0 Å². The minimum atomic E-state index is -3.94. The molecular formula is C26H18N2O4S2. The Bertz CT molecular complexity index is 1630. The molecule has 34 heavy (non-hydrogen) atoms. The van der Waals surface area contributed by atoms with Crippen molar-refractivity contribution in [1.82, 2.24) is 0 Å². The number of hydrogen-bond donors (Lipinski definition) is 0. The number of fused-ring (bicyclic) bond motifs is 2. The molecule has 1 aliphatic carbocycles. The zero-order valence-electron chi connectivity index (χ0n) is 17.7. The van der Waals surface area contributed by atoms with E-state index in [9.17, 15) is 16.8 Å². The number of nitrogens with zero attached hydrogens (tertiary/aromatic N) is 2. The summed E-state index contributed by atoms with van der Waals surface area (Å²) in [6, 6.07) is 24.6. The lowest BCUT2D eigenvalue weighted by molar-refractivity contribution is 0.596. The van der Waals surface area contributed by atoms with Crippen molar-refractivity contribution < 1.29 is 16.8 Å². The van der Waals surface area contributed by atoms with E-state index in [1.807, 2.05) is 48.5 Å². The molecule has 0 aromatic heterocycles. The van der Waals surface area contributed by atoms with Crippen molar-refractivity contribution in [3.63, 3.8) is 0 Å². The molecule has 0 saturated heterocycles. The summed E-state index contributed by atoms with van der Waals surface area (Å²) < 4.78 is 58.8. The molecule has 0 amide bonds.